The molecule has 0 radical (unpaired) electrons. The number of benzene rings is 2. The molecule has 0 aliphatic heterocycles. The van der Waals surface area contributed by atoms with E-state index in [1.807, 2.05) is 24.3 Å². The van der Waals surface area contributed by atoms with Crippen molar-refractivity contribution in [3.63, 3.8) is 0 Å². The number of aldehydes is 1. The lowest BCUT2D eigenvalue weighted by Gasteiger charge is -2.07. The van der Waals surface area contributed by atoms with Crippen LogP contribution in [0.15, 0.2) is 53.4 Å². The third-order valence-electron chi connectivity index (χ3n) is 3.05. The lowest BCUT2D eigenvalue weighted by Crippen LogP contribution is -1.88. The van der Waals surface area contributed by atoms with E-state index in [0.29, 0.717) is 5.92 Å². The normalized spacial score (nSPS) is 10.7. The van der Waals surface area contributed by atoms with Gasteiger partial charge in [-0.2, -0.15) is 0 Å². The van der Waals surface area contributed by atoms with Crippen molar-refractivity contribution in [3.8, 4) is 0 Å². The van der Waals surface area contributed by atoms with Crippen LogP contribution in [0.1, 0.15) is 41.3 Å². The topological polar surface area (TPSA) is 17.1 Å². The quantitative estimate of drug-likeness (QED) is 0.567. The first-order valence-electron chi connectivity index (χ1n) is 6.46. The summed E-state index contributed by atoms with van der Waals surface area (Å²) in [5, 5.41) is 0. The van der Waals surface area contributed by atoms with E-state index < -0.39 is 0 Å². The zero-order valence-corrected chi connectivity index (χ0v) is 12.1. The smallest absolute Gasteiger partial charge is 0.150 e. The number of hydrogen-bond donors (Lipinski definition) is 0. The minimum Gasteiger partial charge on any atom is -0.298 e. The van der Waals surface area contributed by atoms with Gasteiger partial charge in [0.05, 0.1) is 0 Å². The Labute approximate surface area is 119 Å². The first kappa shape index (κ1) is 13.9. The molecule has 0 fully saturated rings. The molecule has 2 aromatic rings. The Hall–Kier alpha value is -1.54. The molecule has 2 heteroatoms. The molecule has 0 amide bonds. The Balaban J connectivity index is 1.99. The first-order chi connectivity index (χ1) is 9.19. The second kappa shape index (κ2) is 6.58. The van der Waals surface area contributed by atoms with E-state index in [1.54, 1.807) is 11.8 Å². The van der Waals surface area contributed by atoms with Gasteiger partial charge in [0.1, 0.15) is 6.29 Å². The Morgan fingerprint density at radius 3 is 2.47 bits per heavy atom. The number of carbonyl (C=O) groups is 1. The molecule has 19 heavy (non-hydrogen) atoms. The third-order valence-corrected chi connectivity index (χ3v) is 4.11. The Bertz CT molecular complexity index is 543. The molecule has 0 N–H and O–H groups in total. The molecule has 0 heterocycles. The third kappa shape index (κ3) is 3.97. The van der Waals surface area contributed by atoms with Crippen molar-refractivity contribution in [2.75, 3.05) is 0 Å². The summed E-state index contributed by atoms with van der Waals surface area (Å²) in [5.74, 6) is 1.51. The first-order valence-corrected chi connectivity index (χ1v) is 7.44. The van der Waals surface area contributed by atoms with Crippen molar-refractivity contribution in [3.05, 3.63) is 65.2 Å². The van der Waals surface area contributed by atoms with Crippen LogP contribution in [-0.4, -0.2) is 6.29 Å². The maximum absolute atomic E-state index is 10.7. The van der Waals surface area contributed by atoms with Crippen molar-refractivity contribution < 1.29 is 4.79 Å². The molecule has 0 unspecified atom stereocenters. The summed E-state index contributed by atoms with van der Waals surface area (Å²) in [5.41, 5.74) is 3.42. The highest BCUT2D eigenvalue weighted by Gasteiger charge is 2.00. The van der Waals surface area contributed by atoms with Crippen molar-refractivity contribution in [2.45, 2.75) is 30.4 Å². The predicted octanol–water partition coefficient (Wildman–Crippen LogP) is 4.91. The van der Waals surface area contributed by atoms with Crippen molar-refractivity contribution in [1.29, 1.82) is 0 Å². The fourth-order valence-corrected chi connectivity index (χ4v) is 2.76. The Kier molecular flexibility index (Phi) is 4.80. The summed E-state index contributed by atoms with van der Waals surface area (Å²) in [4.78, 5) is 11.9. The van der Waals surface area contributed by atoms with Crippen LogP contribution in [0.4, 0.5) is 0 Å². The maximum atomic E-state index is 10.7. The maximum Gasteiger partial charge on any atom is 0.150 e. The van der Waals surface area contributed by atoms with Gasteiger partial charge in [0.2, 0.25) is 0 Å². The van der Waals surface area contributed by atoms with Gasteiger partial charge < -0.3 is 0 Å². The van der Waals surface area contributed by atoms with E-state index in [2.05, 4.69) is 38.1 Å². The van der Waals surface area contributed by atoms with Crippen LogP contribution in [0.25, 0.3) is 0 Å². The monoisotopic (exact) mass is 270 g/mol. The van der Waals surface area contributed by atoms with Gasteiger partial charge in [-0.1, -0.05) is 50.2 Å². The number of rotatable bonds is 5. The molecular formula is C17H18OS. The number of thioether (sulfide) groups is 1. The highest BCUT2D eigenvalue weighted by molar-refractivity contribution is 7.98. The summed E-state index contributed by atoms with van der Waals surface area (Å²) in [6.07, 6.45) is 0.890. The minimum atomic E-state index is 0.575. The van der Waals surface area contributed by atoms with Crippen LogP contribution in [0.2, 0.25) is 0 Å². The average molecular weight is 270 g/mol. The average Bonchev–Trinajstić information content (AvgIpc) is 2.46. The lowest BCUT2D eigenvalue weighted by atomic mass is 10.0. The molecule has 2 aromatic carbocycles. The summed E-state index contributed by atoms with van der Waals surface area (Å²) in [6, 6.07) is 16.5. The van der Waals surface area contributed by atoms with Crippen LogP contribution < -0.4 is 0 Å². The van der Waals surface area contributed by atoms with Crippen molar-refractivity contribution in [2.24, 2.45) is 0 Å². The summed E-state index contributed by atoms with van der Waals surface area (Å²) in [6.45, 7) is 4.41. The second-order valence-corrected chi connectivity index (χ2v) is 5.92. The molecule has 0 spiro atoms. The van der Waals surface area contributed by atoms with Gasteiger partial charge in [0, 0.05) is 16.2 Å². The zero-order chi connectivity index (χ0) is 13.7. The SMILES string of the molecule is CC(C)c1ccc(CSc2cccc(C=O)c2)cc1. The van der Waals surface area contributed by atoms with Crippen LogP contribution in [0.3, 0.4) is 0 Å². The molecule has 0 atom stereocenters. The van der Waals surface area contributed by atoms with E-state index in [4.69, 9.17) is 0 Å². The molecule has 0 aliphatic carbocycles. The van der Waals surface area contributed by atoms with Gasteiger partial charge in [-0.15, -0.1) is 11.8 Å². The predicted molar refractivity (Wildman–Crippen MR) is 81.9 cm³/mol. The molecule has 0 aliphatic rings. The Morgan fingerprint density at radius 2 is 1.84 bits per heavy atom. The van der Waals surface area contributed by atoms with Gasteiger partial charge in [0.25, 0.3) is 0 Å². The molecule has 0 saturated carbocycles. The van der Waals surface area contributed by atoms with Crippen LogP contribution >= 0.6 is 11.8 Å². The highest BCUT2D eigenvalue weighted by atomic mass is 32.2. The van der Waals surface area contributed by atoms with Gasteiger partial charge >= 0.3 is 0 Å². The molecular weight excluding hydrogens is 252 g/mol. The van der Waals surface area contributed by atoms with E-state index in [1.165, 1.54) is 11.1 Å². The van der Waals surface area contributed by atoms with Crippen molar-refractivity contribution in [1.82, 2.24) is 0 Å². The lowest BCUT2D eigenvalue weighted by molar-refractivity contribution is 0.112. The van der Waals surface area contributed by atoms with Gasteiger partial charge in [-0.05, 0) is 29.2 Å². The van der Waals surface area contributed by atoms with Gasteiger partial charge in [0.15, 0.2) is 0 Å². The molecule has 2 rings (SSSR count). The van der Waals surface area contributed by atoms with E-state index in [-0.39, 0.29) is 0 Å². The van der Waals surface area contributed by atoms with Crippen LogP contribution in [-0.2, 0) is 5.75 Å². The Morgan fingerprint density at radius 1 is 1.11 bits per heavy atom. The van der Waals surface area contributed by atoms with Crippen LogP contribution in [0, 0.1) is 0 Å². The van der Waals surface area contributed by atoms with Gasteiger partial charge in [-0.25, -0.2) is 0 Å². The molecule has 0 aromatic heterocycles. The summed E-state index contributed by atoms with van der Waals surface area (Å²) in [7, 11) is 0. The molecule has 0 saturated heterocycles. The largest absolute Gasteiger partial charge is 0.298 e. The summed E-state index contributed by atoms with van der Waals surface area (Å²) < 4.78 is 0. The van der Waals surface area contributed by atoms with E-state index >= 15 is 0 Å². The molecule has 98 valence electrons. The van der Waals surface area contributed by atoms with Gasteiger partial charge in [-0.3, -0.25) is 4.79 Å². The van der Waals surface area contributed by atoms with Crippen LogP contribution in [0.5, 0.6) is 0 Å². The number of carbonyl (C=O) groups excluding carboxylic acids is 1. The highest BCUT2D eigenvalue weighted by Crippen LogP contribution is 2.24. The van der Waals surface area contributed by atoms with E-state index in [9.17, 15) is 4.79 Å². The second-order valence-electron chi connectivity index (χ2n) is 4.88. The fraction of sp³-hybridized carbons (Fsp3) is 0.235. The number of hydrogen-bond acceptors (Lipinski definition) is 2. The fourth-order valence-electron chi connectivity index (χ4n) is 1.84. The zero-order valence-electron chi connectivity index (χ0n) is 11.3. The summed E-state index contributed by atoms with van der Waals surface area (Å²) >= 11 is 1.76. The molecule has 1 nitrogen and oxygen atoms in total. The standard InChI is InChI=1S/C17H18OS/c1-13(2)16-8-6-14(7-9-16)12-19-17-5-3-4-15(10-17)11-18/h3-11,13H,12H2,1-2H3. The van der Waals surface area contributed by atoms with E-state index in [0.717, 1.165) is 22.5 Å². The van der Waals surface area contributed by atoms with Crippen molar-refractivity contribution >= 4 is 18.0 Å². The molecule has 0 bridgehead atoms. The minimum absolute atomic E-state index is 0.575.